The number of benzene rings is 1. The first-order valence-electron chi connectivity index (χ1n) is 6.65. The van der Waals surface area contributed by atoms with Crippen LogP contribution in [0.3, 0.4) is 0 Å². The third-order valence-corrected chi connectivity index (χ3v) is 3.63. The van der Waals surface area contributed by atoms with Gasteiger partial charge in [0.05, 0.1) is 0 Å². The number of nitrogens with zero attached hydrogens (tertiary/aromatic N) is 1. The summed E-state index contributed by atoms with van der Waals surface area (Å²) < 4.78 is 41.6. The van der Waals surface area contributed by atoms with Crippen LogP contribution in [0.25, 0.3) is 0 Å². The molecule has 1 aromatic rings. The van der Waals surface area contributed by atoms with Crippen molar-refractivity contribution < 1.29 is 18.3 Å². The fraction of sp³-hybridized carbons (Fsp3) is 0.571. The van der Waals surface area contributed by atoms with Crippen molar-refractivity contribution in [1.82, 2.24) is 10.2 Å². The van der Waals surface area contributed by atoms with Crippen molar-refractivity contribution in [3.63, 3.8) is 0 Å². The fourth-order valence-corrected chi connectivity index (χ4v) is 2.59. The van der Waals surface area contributed by atoms with Crippen LogP contribution in [0.4, 0.5) is 13.2 Å². The lowest BCUT2D eigenvalue weighted by Gasteiger charge is -2.38. The Labute approximate surface area is 128 Å². The summed E-state index contributed by atoms with van der Waals surface area (Å²) in [4.78, 5) is 1.64. The van der Waals surface area contributed by atoms with Gasteiger partial charge in [0.15, 0.2) is 0 Å². The molecule has 0 aromatic heterocycles. The molecule has 2 N–H and O–H groups in total. The summed E-state index contributed by atoms with van der Waals surface area (Å²) in [5, 5.41) is 12.1. The lowest BCUT2D eigenvalue weighted by atomic mass is 9.96. The van der Waals surface area contributed by atoms with E-state index in [1.54, 1.807) is 11.8 Å². The Balaban J connectivity index is 0.00000220. The maximum atomic E-state index is 14.1. The SMILES string of the molecule is Cc1cc([C@@H](N2CCNCC2)C(F)(F)CO)ccc1F.Cl. The van der Waals surface area contributed by atoms with Gasteiger partial charge in [0.2, 0.25) is 0 Å². The molecule has 1 fully saturated rings. The fourth-order valence-electron chi connectivity index (χ4n) is 2.59. The van der Waals surface area contributed by atoms with Crippen LogP contribution in [-0.2, 0) is 0 Å². The summed E-state index contributed by atoms with van der Waals surface area (Å²) in [7, 11) is 0. The number of nitrogens with one attached hydrogen (secondary N) is 1. The monoisotopic (exact) mass is 324 g/mol. The van der Waals surface area contributed by atoms with Crippen molar-refractivity contribution in [2.24, 2.45) is 0 Å². The van der Waals surface area contributed by atoms with Crippen LogP contribution in [0.15, 0.2) is 18.2 Å². The number of hydrogen-bond acceptors (Lipinski definition) is 3. The molecule has 0 spiro atoms. The average molecular weight is 325 g/mol. The quantitative estimate of drug-likeness (QED) is 0.890. The van der Waals surface area contributed by atoms with Gasteiger partial charge in [-0.1, -0.05) is 12.1 Å². The highest BCUT2D eigenvalue weighted by Gasteiger charge is 2.44. The number of piperazine rings is 1. The van der Waals surface area contributed by atoms with Gasteiger partial charge in [-0.25, -0.2) is 13.2 Å². The molecule has 1 saturated heterocycles. The molecule has 0 unspecified atom stereocenters. The number of aliphatic hydroxyl groups excluding tert-OH is 1. The van der Waals surface area contributed by atoms with E-state index in [0.29, 0.717) is 37.3 Å². The van der Waals surface area contributed by atoms with Crippen molar-refractivity contribution in [1.29, 1.82) is 0 Å². The third kappa shape index (κ3) is 4.10. The molecule has 7 heteroatoms. The van der Waals surface area contributed by atoms with Gasteiger partial charge in [-0.15, -0.1) is 12.4 Å². The van der Waals surface area contributed by atoms with Crippen LogP contribution in [-0.4, -0.2) is 48.7 Å². The largest absolute Gasteiger partial charge is 0.390 e. The Bertz CT molecular complexity index is 468. The highest BCUT2D eigenvalue weighted by molar-refractivity contribution is 5.85. The minimum Gasteiger partial charge on any atom is -0.390 e. The van der Waals surface area contributed by atoms with E-state index in [1.807, 2.05) is 0 Å². The van der Waals surface area contributed by atoms with Gasteiger partial charge in [0, 0.05) is 26.2 Å². The summed E-state index contributed by atoms with van der Waals surface area (Å²) in [6.07, 6.45) is 0. The van der Waals surface area contributed by atoms with E-state index in [0.717, 1.165) is 0 Å². The van der Waals surface area contributed by atoms with Crippen LogP contribution in [0, 0.1) is 12.7 Å². The normalized spacial score (nSPS) is 18.1. The Morgan fingerprint density at radius 1 is 1.33 bits per heavy atom. The van der Waals surface area contributed by atoms with Gasteiger partial charge in [-0.3, -0.25) is 4.90 Å². The maximum Gasteiger partial charge on any atom is 0.289 e. The summed E-state index contributed by atoms with van der Waals surface area (Å²) in [6, 6.07) is 2.78. The zero-order valence-electron chi connectivity index (χ0n) is 11.8. The molecule has 2 rings (SSSR count). The molecule has 1 aliphatic rings. The Morgan fingerprint density at radius 3 is 2.48 bits per heavy atom. The second-order valence-electron chi connectivity index (χ2n) is 5.12. The molecule has 0 aliphatic carbocycles. The lowest BCUT2D eigenvalue weighted by molar-refractivity contribution is -0.118. The van der Waals surface area contributed by atoms with Crippen molar-refractivity contribution in [2.45, 2.75) is 18.9 Å². The third-order valence-electron chi connectivity index (χ3n) is 3.63. The van der Waals surface area contributed by atoms with Crippen LogP contribution >= 0.6 is 12.4 Å². The topological polar surface area (TPSA) is 35.5 Å². The summed E-state index contributed by atoms with van der Waals surface area (Å²) >= 11 is 0. The van der Waals surface area contributed by atoms with Crippen molar-refractivity contribution in [2.75, 3.05) is 32.8 Å². The van der Waals surface area contributed by atoms with E-state index < -0.39 is 24.4 Å². The van der Waals surface area contributed by atoms with E-state index in [4.69, 9.17) is 5.11 Å². The lowest BCUT2D eigenvalue weighted by Crippen LogP contribution is -2.51. The number of aliphatic hydroxyl groups is 1. The Hall–Kier alpha value is -0.820. The predicted molar refractivity (Wildman–Crippen MR) is 77.6 cm³/mol. The van der Waals surface area contributed by atoms with Gasteiger partial charge in [0.1, 0.15) is 18.5 Å². The molecule has 1 aromatic carbocycles. The van der Waals surface area contributed by atoms with Gasteiger partial charge < -0.3 is 10.4 Å². The molecule has 3 nitrogen and oxygen atoms in total. The number of alkyl halides is 2. The zero-order valence-corrected chi connectivity index (χ0v) is 12.6. The molecule has 0 bridgehead atoms. The van der Waals surface area contributed by atoms with Crippen LogP contribution in [0.5, 0.6) is 0 Å². The summed E-state index contributed by atoms with van der Waals surface area (Å²) in [6.45, 7) is 2.51. The van der Waals surface area contributed by atoms with Gasteiger partial charge in [0.25, 0.3) is 5.92 Å². The van der Waals surface area contributed by atoms with E-state index >= 15 is 0 Å². The highest BCUT2D eigenvalue weighted by Crippen LogP contribution is 2.36. The molecule has 120 valence electrons. The second kappa shape index (κ2) is 7.45. The number of aryl methyl sites for hydroxylation is 1. The minimum absolute atomic E-state index is 0. The van der Waals surface area contributed by atoms with Crippen LogP contribution < -0.4 is 5.32 Å². The van der Waals surface area contributed by atoms with E-state index in [2.05, 4.69) is 5.32 Å². The van der Waals surface area contributed by atoms with E-state index in [1.165, 1.54) is 18.2 Å². The molecular formula is C14H20ClF3N2O. The average Bonchev–Trinajstić information content (AvgIpc) is 2.44. The van der Waals surface area contributed by atoms with E-state index in [-0.39, 0.29) is 12.4 Å². The van der Waals surface area contributed by atoms with Crippen molar-refractivity contribution >= 4 is 12.4 Å². The molecule has 0 amide bonds. The molecule has 21 heavy (non-hydrogen) atoms. The zero-order chi connectivity index (χ0) is 14.8. The first-order chi connectivity index (χ1) is 9.45. The number of hydrogen-bond donors (Lipinski definition) is 2. The van der Waals surface area contributed by atoms with Gasteiger partial charge >= 0.3 is 0 Å². The number of halogens is 4. The van der Waals surface area contributed by atoms with Crippen molar-refractivity contribution in [3.05, 3.63) is 35.1 Å². The molecular weight excluding hydrogens is 305 g/mol. The van der Waals surface area contributed by atoms with Crippen LogP contribution in [0.2, 0.25) is 0 Å². The Morgan fingerprint density at radius 2 is 1.95 bits per heavy atom. The van der Waals surface area contributed by atoms with Gasteiger partial charge in [-0.05, 0) is 24.1 Å². The first kappa shape index (κ1) is 18.2. The minimum atomic E-state index is -3.26. The first-order valence-corrected chi connectivity index (χ1v) is 6.65. The summed E-state index contributed by atoms with van der Waals surface area (Å²) in [5.41, 5.74) is 0.668. The molecule has 0 radical (unpaired) electrons. The highest BCUT2D eigenvalue weighted by atomic mass is 35.5. The van der Waals surface area contributed by atoms with Crippen LogP contribution in [0.1, 0.15) is 17.2 Å². The Kier molecular flexibility index (Phi) is 6.46. The predicted octanol–water partition coefficient (Wildman–Crippen LogP) is 2.13. The number of rotatable bonds is 4. The molecule has 1 aliphatic heterocycles. The smallest absolute Gasteiger partial charge is 0.289 e. The van der Waals surface area contributed by atoms with E-state index in [9.17, 15) is 13.2 Å². The molecule has 1 heterocycles. The second-order valence-corrected chi connectivity index (χ2v) is 5.12. The maximum absolute atomic E-state index is 14.1. The van der Waals surface area contributed by atoms with Gasteiger partial charge in [-0.2, -0.15) is 0 Å². The van der Waals surface area contributed by atoms with Crippen molar-refractivity contribution in [3.8, 4) is 0 Å². The standard InChI is InChI=1S/C14H19F3N2O.ClH/c1-10-8-11(2-3-12(10)15)13(14(16,17)9-20)19-6-4-18-5-7-19;/h2-3,8,13,18,20H,4-7,9H2,1H3;1H/t13-;/m1./s1. The summed E-state index contributed by atoms with van der Waals surface area (Å²) in [5.74, 6) is -3.68. The molecule has 1 atom stereocenters. The molecule has 0 saturated carbocycles.